The molecule has 0 aliphatic heterocycles. The Morgan fingerprint density at radius 2 is 2.00 bits per heavy atom. The van der Waals surface area contributed by atoms with E-state index in [0.29, 0.717) is 6.07 Å². The van der Waals surface area contributed by atoms with Crippen LogP contribution in [0, 0.1) is 16.5 Å². The average Bonchev–Trinajstić information content (AvgIpc) is 2.28. The molecule has 0 saturated heterocycles. The van der Waals surface area contributed by atoms with Crippen LogP contribution in [0.3, 0.4) is 0 Å². The van der Waals surface area contributed by atoms with E-state index in [2.05, 4.69) is 4.84 Å². The molecule has 0 aliphatic rings. The summed E-state index contributed by atoms with van der Waals surface area (Å²) < 4.78 is 30.5. The van der Waals surface area contributed by atoms with Gasteiger partial charge in [0.15, 0.2) is 6.61 Å². The van der Waals surface area contributed by atoms with Crippen LogP contribution >= 0.6 is 0 Å². The fourth-order valence-corrected chi connectivity index (χ4v) is 1.04. The molecule has 94 valence electrons. The number of nitrogens with zero attached hydrogens (tertiary/aromatic N) is 1. The number of halogens is 2. The fourth-order valence-electron chi connectivity index (χ4n) is 1.04. The highest BCUT2D eigenvalue weighted by atomic mass is 19.1. The minimum absolute atomic E-state index is 0.0446. The molecule has 5 nitrogen and oxygen atoms in total. The van der Waals surface area contributed by atoms with E-state index in [1.165, 1.54) is 0 Å². The molecule has 0 radical (unpaired) electrons. The highest BCUT2D eigenvalue weighted by molar-refractivity contribution is 5.30. The van der Waals surface area contributed by atoms with Gasteiger partial charge in [-0.15, -0.1) is 0 Å². The quantitative estimate of drug-likeness (QED) is 0.584. The molecular formula is C10H12F2NO4+. The number of ether oxygens (including phenoxy) is 1. The van der Waals surface area contributed by atoms with Gasteiger partial charge in [0.05, 0.1) is 24.7 Å². The lowest BCUT2D eigenvalue weighted by Gasteiger charge is -1.98. The normalized spacial score (nSPS) is 10.3. The maximum atomic E-state index is 13.1. The third-order valence-corrected chi connectivity index (χ3v) is 1.78. The van der Waals surface area contributed by atoms with Gasteiger partial charge in [-0.1, -0.05) is 0 Å². The molecule has 0 heterocycles. The van der Waals surface area contributed by atoms with E-state index in [4.69, 9.17) is 9.84 Å². The third kappa shape index (κ3) is 4.41. The van der Waals surface area contributed by atoms with Crippen LogP contribution in [-0.2, 0) is 9.57 Å². The SMILES string of the molecule is O=[N+](OCCOCCO)c1ccc(F)cc1F. The van der Waals surface area contributed by atoms with Crippen molar-refractivity contribution in [3.63, 3.8) is 0 Å². The topological polar surface area (TPSA) is 58.8 Å². The maximum absolute atomic E-state index is 13.1. The molecule has 0 aliphatic carbocycles. The van der Waals surface area contributed by atoms with E-state index in [1.807, 2.05) is 0 Å². The van der Waals surface area contributed by atoms with Gasteiger partial charge in [0.2, 0.25) is 5.82 Å². The Balaban J connectivity index is 2.42. The standard InChI is InChI=1S/C10H12F2NO4/c11-8-1-2-10(9(12)7-8)13(15)17-6-5-16-4-3-14/h1-2,7,14H,3-6H2/q+1. The Morgan fingerprint density at radius 3 is 2.65 bits per heavy atom. The zero-order valence-corrected chi connectivity index (χ0v) is 8.94. The highest BCUT2D eigenvalue weighted by Gasteiger charge is 2.22. The molecule has 1 rings (SSSR count). The van der Waals surface area contributed by atoms with E-state index >= 15 is 0 Å². The molecule has 0 saturated carbocycles. The van der Waals surface area contributed by atoms with Crippen LogP contribution in [0.1, 0.15) is 0 Å². The monoisotopic (exact) mass is 248 g/mol. The first-order valence-electron chi connectivity index (χ1n) is 4.89. The van der Waals surface area contributed by atoms with Crippen LogP contribution in [0.5, 0.6) is 0 Å². The number of rotatable bonds is 7. The van der Waals surface area contributed by atoms with Gasteiger partial charge in [0.25, 0.3) is 4.92 Å². The van der Waals surface area contributed by atoms with Crippen LogP contribution in [0.2, 0.25) is 0 Å². The molecule has 0 aromatic heterocycles. The molecule has 0 amide bonds. The van der Waals surface area contributed by atoms with E-state index in [1.54, 1.807) is 0 Å². The number of benzene rings is 1. The van der Waals surface area contributed by atoms with E-state index in [0.717, 1.165) is 12.1 Å². The molecule has 7 heteroatoms. The summed E-state index contributed by atoms with van der Waals surface area (Å²) in [7, 11) is 0. The molecule has 0 bridgehead atoms. The molecule has 0 unspecified atom stereocenters. The summed E-state index contributed by atoms with van der Waals surface area (Å²) in [5.74, 6) is -1.78. The molecular weight excluding hydrogens is 236 g/mol. The minimum Gasteiger partial charge on any atom is -0.394 e. The van der Waals surface area contributed by atoms with Crippen LogP contribution < -0.4 is 0 Å². The minimum atomic E-state index is -1.00. The van der Waals surface area contributed by atoms with Crippen LogP contribution in [0.15, 0.2) is 18.2 Å². The summed E-state index contributed by atoms with van der Waals surface area (Å²) in [6, 6.07) is 2.52. The second kappa shape index (κ2) is 6.87. The largest absolute Gasteiger partial charge is 0.394 e. The third-order valence-electron chi connectivity index (χ3n) is 1.78. The van der Waals surface area contributed by atoms with Crippen molar-refractivity contribution in [2.45, 2.75) is 0 Å². The van der Waals surface area contributed by atoms with Crippen molar-refractivity contribution in [1.29, 1.82) is 0 Å². The number of aliphatic hydroxyl groups is 1. The summed E-state index contributed by atoms with van der Waals surface area (Å²) in [6.45, 7) is -0.0107. The van der Waals surface area contributed by atoms with E-state index in [-0.39, 0.29) is 31.4 Å². The van der Waals surface area contributed by atoms with Crippen molar-refractivity contribution in [2.24, 2.45) is 0 Å². The Hall–Kier alpha value is -1.60. The Morgan fingerprint density at radius 1 is 1.24 bits per heavy atom. The maximum Gasteiger partial charge on any atom is 0.352 e. The Bertz CT molecular complexity index is 387. The fraction of sp³-hybridized carbons (Fsp3) is 0.400. The lowest BCUT2D eigenvalue weighted by Crippen LogP contribution is -2.12. The van der Waals surface area contributed by atoms with Crippen molar-refractivity contribution in [1.82, 2.24) is 0 Å². The van der Waals surface area contributed by atoms with E-state index < -0.39 is 17.3 Å². The van der Waals surface area contributed by atoms with Gasteiger partial charge in [0, 0.05) is 12.1 Å². The summed E-state index contributed by atoms with van der Waals surface area (Å²) in [4.78, 5) is 15.8. The summed E-state index contributed by atoms with van der Waals surface area (Å²) >= 11 is 0. The first-order valence-corrected chi connectivity index (χ1v) is 4.89. The average molecular weight is 248 g/mol. The lowest BCUT2D eigenvalue weighted by atomic mass is 10.3. The van der Waals surface area contributed by atoms with Crippen LogP contribution in [0.4, 0.5) is 14.5 Å². The molecule has 1 aromatic carbocycles. The molecule has 0 fully saturated rings. The number of aliphatic hydroxyl groups excluding tert-OH is 1. The van der Waals surface area contributed by atoms with Crippen molar-refractivity contribution in [2.75, 3.05) is 26.4 Å². The second-order valence-electron chi connectivity index (χ2n) is 3.02. The van der Waals surface area contributed by atoms with Gasteiger partial charge in [0.1, 0.15) is 5.82 Å². The summed E-state index contributed by atoms with van der Waals surface area (Å²) in [5, 5.41) is 8.39. The van der Waals surface area contributed by atoms with Crippen molar-refractivity contribution in [3.8, 4) is 0 Å². The van der Waals surface area contributed by atoms with Gasteiger partial charge in [-0.05, 0) is 6.07 Å². The second-order valence-corrected chi connectivity index (χ2v) is 3.02. The predicted octanol–water partition coefficient (Wildman–Crippen LogP) is 1.32. The number of hydrogen-bond donors (Lipinski definition) is 1. The molecule has 0 spiro atoms. The zero-order chi connectivity index (χ0) is 12.7. The Labute approximate surface area is 96.1 Å². The predicted molar refractivity (Wildman–Crippen MR) is 53.5 cm³/mol. The van der Waals surface area contributed by atoms with Gasteiger partial charge in [-0.25, -0.2) is 9.23 Å². The molecule has 1 N–H and O–H groups in total. The van der Waals surface area contributed by atoms with Crippen LogP contribution in [0.25, 0.3) is 0 Å². The van der Waals surface area contributed by atoms with Gasteiger partial charge in [-0.2, -0.15) is 4.39 Å². The molecule has 1 aromatic rings. The van der Waals surface area contributed by atoms with Gasteiger partial charge in [-0.3, -0.25) is 0 Å². The zero-order valence-electron chi connectivity index (χ0n) is 8.94. The first-order chi connectivity index (χ1) is 8.15. The van der Waals surface area contributed by atoms with Crippen molar-refractivity contribution < 1.29 is 28.4 Å². The molecule has 17 heavy (non-hydrogen) atoms. The number of hydrogen-bond acceptors (Lipinski definition) is 4. The summed E-state index contributed by atoms with van der Waals surface area (Å²) in [5.41, 5.74) is -0.409. The molecule has 0 atom stereocenters. The first kappa shape index (κ1) is 13.5. The summed E-state index contributed by atoms with van der Waals surface area (Å²) in [6.07, 6.45) is 0. The van der Waals surface area contributed by atoms with Gasteiger partial charge < -0.3 is 9.84 Å². The van der Waals surface area contributed by atoms with Crippen molar-refractivity contribution in [3.05, 3.63) is 34.7 Å². The van der Waals surface area contributed by atoms with E-state index in [9.17, 15) is 13.7 Å². The smallest absolute Gasteiger partial charge is 0.352 e. The van der Waals surface area contributed by atoms with Crippen molar-refractivity contribution >= 4 is 5.69 Å². The van der Waals surface area contributed by atoms with Gasteiger partial charge >= 0.3 is 5.69 Å². The Kier molecular flexibility index (Phi) is 5.44. The lowest BCUT2D eigenvalue weighted by molar-refractivity contribution is -0.746. The highest BCUT2D eigenvalue weighted by Crippen LogP contribution is 2.17. The van der Waals surface area contributed by atoms with Crippen LogP contribution in [-0.4, -0.2) is 36.5 Å².